The molecule has 0 aliphatic rings. The Labute approximate surface area is 110 Å². The van der Waals surface area contributed by atoms with Gasteiger partial charge in [0.2, 0.25) is 5.88 Å². The zero-order chi connectivity index (χ0) is 13.1. The van der Waals surface area contributed by atoms with Gasteiger partial charge in [-0.2, -0.15) is 0 Å². The van der Waals surface area contributed by atoms with Gasteiger partial charge < -0.3 is 14.8 Å². The van der Waals surface area contributed by atoms with Gasteiger partial charge in [-0.05, 0) is 5.56 Å². The van der Waals surface area contributed by atoms with Crippen LogP contribution in [0.5, 0.6) is 5.88 Å². The van der Waals surface area contributed by atoms with E-state index in [0.717, 1.165) is 22.0 Å². The number of fused-ring (bicyclic) bond motifs is 1. The van der Waals surface area contributed by atoms with E-state index in [4.69, 9.17) is 4.74 Å². The van der Waals surface area contributed by atoms with Crippen molar-refractivity contribution in [2.24, 2.45) is 0 Å². The van der Waals surface area contributed by atoms with Crippen molar-refractivity contribution in [2.75, 3.05) is 0 Å². The van der Waals surface area contributed by atoms with Crippen molar-refractivity contribution in [3.8, 4) is 5.88 Å². The molecule has 0 atom stereocenters. The number of aromatic nitrogens is 2. The van der Waals surface area contributed by atoms with E-state index in [9.17, 15) is 5.11 Å². The molecule has 19 heavy (non-hydrogen) atoms. The topological polar surface area (TPSA) is 58.1 Å². The Morgan fingerprint density at radius 2 is 2.05 bits per heavy atom. The van der Waals surface area contributed by atoms with Gasteiger partial charge >= 0.3 is 0 Å². The monoisotopic (exact) mass is 254 g/mol. The molecule has 0 unspecified atom stereocenters. The molecule has 2 N–H and O–H groups in total. The highest BCUT2D eigenvalue weighted by Gasteiger charge is 2.05. The molecule has 0 radical (unpaired) electrons. The number of aromatic amines is 1. The Kier molecular flexibility index (Phi) is 3.16. The number of benzene rings is 1. The average molecular weight is 254 g/mol. The number of pyridine rings is 1. The van der Waals surface area contributed by atoms with Crippen LogP contribution in [-0.2, 0) is 13.2 Å². The fourth-order valence-corrected chi connectivity index (χ4v) is 2.00. The second-order valence-corrected chi connectivity index (χ2v) is 4.31. The molecule has 0 amide bonds. The number of H-pyrrole nitrogens is 1. The summed E-state index contributed by atoms with van der Waals surface area (Å²) in [5.41, 5.74) is 2.85. The van der Waals surface area contributed by atoms with E-state index >= 15 is 0 Å². The maximum absolute atomic E-state index is 9.24. The number of aliphatic hydroxyl groups is 1. The first kappa shape index (κ1) is 11.7. The number of nitrogens with one attached hydrogen (secondary N) is 1. The Bertz CT molecular complexity index is 677. The summed E-state index contributed by atoms with van der Waals surface area (Å²) in [5.74, 6) is 0.561. The quantitative estimate of drug-likeness (QED) is 0.752. The fourth-order valence-electron chi connectivity index (χ4n) is 2.00. The zero-order valence-corrected chi connectivity index (χ0v) is 10.3. The molecule has 0 spiro atoms. The van der Waals surface area contributed by atoms with Gasteiger partial charge in [-0.1, -0.05) is 30.3 Å². The van der Waals surface area contributed by atoms with Crippen molar-refractivity contribution in [2.45, 2.75) is 13.2 Å². The van der Waals surface area contributed by atoms with E-state index in [2.05, 4.69) is 9.97 Å². The highest BCUT2D eigenvalue weighted by molar-refractivity contribution is 5.83. The van der Waals surface area contributed by atoms with Gasteiger partial charge in [0.25, 0.3) is 0 Å². The number of hydrogen-bond donors (Lipinski definition) is 2. The molecule has 0 saturated carbocycles. The summed E-state index contributed by atoms with van der Waals surface area (Å²) in [6.45, 7) is 0.486. The molecule has 4 nitrogen and oxygen atoms in total. The molecule has 96 valence electrons. The number of rotatable bonds is 4. The minimum Gasteiger partial charge on any atom is -0.473 e. The van der Waals surface area contributed by atoms with Gasteiger partial charge in [-0.3, -0.25) is 0 Å². The lowest BCUT2D eigenvalue weighted by Gasteiger charge is -2.05. The van der Waals surface area contributed by atoms with E-state index in [0.29, 0.717) is 12.5 Å². The van der Waals surface area contributed by atoms with E-state index in [1.807, 2.05) is 36.4 Å². The summed E-state index contributed by atoms with van der Waals surface area (Å²) in [6.07, 6.45) is 3.50. The van der Waals surface area contributed by atoms with Crippen LogP contribution >= 0.6 is 0 Å². The van der Waals surface area contributed by atoms with Crippen molar-refractivity contribution in [1.82, 2.24) is 9.97 Å². The third-order valence-corrected chi connectivity index (χ3v) is 3.03. The van der Waals surface area contributed by atoms with Crippen molar-refractivity contribution in [3.63, 3.8) is 0 Å². The van der Waals surface area contributed by atoms with E-state index in [1.54, 1.807) is 12.4 Å². The summed E-state index contributed by atoms with van der Waals surface area (Å²) in [5, 5.41) is 10.2. The third-order valence-electron chi connectivity index (χ3n) is 3.03. The third kappa shape index (κ3) is 2.44. The minimum absolute atomic E-state index is 0.00212. The molecule has 4 heteroatoms. The second-order valence-electron chi connectivity index (χ2n) is 4.31. The Balaban J connectivity index is 1.81. The minimum atomic E-state index is 0.00212. The van der Waals surface area contributed by atoms with Gasteiger partial charge in [0.15, 0.2) is 0 Å². The Hall–Kier alpha value is -2.33. The molecule has 3 rings (SSSR count). The molecule has 0 fully saturated rings. The van der Waals surface area contributed by atoms with Crippen LogP contribution in [-0.4, -0.2) is 15.1 Å². The number of nitrogens with zero attached hydrogens (tertiary/aromatic N) is 1. The summed E-state index contributed by atoms with van der Waals surface area (Å²) < 4.78 is 5.66. The summed E-state index contributed by atoms with van der Waals surface area (Å²) >= 11 is 0. The highest BCUT2D eigenvalue weighted by Crippen LogP contribution is 2.22. The first-order chi connectivity index (χ1) is 9.36. The number of aliphatic hydroxyl groups excluding tert-OH is 1. The van der Waals surface area contributed by atoms with Crippen molar-refractivity contribution in [1.29, 1.82) is 0 Å². The van der Waals surface area contributed by atoms with Gasteiger partial charge in [-0.15, -0.1) is 0 Å². The predicted molar refractivity (Wildman–Crippen MR) is 72.8 cm³/mol. The number of hydrogen-bond acceptors (Lipinski definition) is 3. The van der Waals surface area contributed by atoms with Crippen LogP contribution in [0, 0.1) is 0 Å². The smallest absolute Gasteiger partial charge is 0.214 e. The molecule has 2 aromatic heterocycles. The van der Waals surface area contributed by atoms with Crippen molar-refractivity contribution >= 4 is 10.9 Å². The molecular formula is C15H14N2O2. The van der Waals surface area contributed by atoms with Crippen molar-refractivity contribution in [3.05, 3.63) is 59.9 Å². The maximum Gasteiger partial charge on any atom is 0.214 e. The molecule has 2 heterocycles. The molecular weight excluding hydrogens is 240 g/mol. The molecule has 0 aliphatic heterocycles. The maximum atomic E-state index is 9.24. The number of ether oxygens (including phenoxy) is 1. The lowest BCUT2D eigenvalue weighted by molar-refractivity contribution is 0.283. The van der Waals surface area contributed by atoms with Crippen LogP contribution in [0.4, 0.5) is 0 Å². The largest absolute Gasteiger partial charge is 0.473 e. The lowest BCUT2D eigenvalue weighted by atomic mass is 10.2. The SMILES string of the molecule is OCc1c[nH]c2cnc(OCc3ccccc3)cc12. The first-order valence-electron chi connectivity index (χ1n) is 6.10. The van der Waals surface area contributed by atoms with Gasteiger partial charge in [0.05, 0.1) is 18.3 Å². The van der Waals surface area contributed by atoms with Gasteiger partial charge in [0, 0.05) is 23.2 Å². The van der Waals surface area contributed by atoms with Gasteiger partial charge in [-0.25, -0.2) is 4.98 Å². The van der Waals surface area contributed by atoms with Gasteiger partial charge in [0.1, 0.15) is 6.61 Å². The molecule has 3 aromatic rings. The van der Waals surface area contributed by atoms with Crippen molar-refractivity contribution < 1.29 is 9.84 Å². The van der Waals surface area contributed by atoms with Crippen LogP contribution in [0.3, 0.4) is 0 Å². The van der Waals surface area contributed by atoms with Crippen LogP contribution in [0.1, 0.15) is 11.1 Å². The standard InChI is InChI=1S/C15H14N2O2/c18-9-12-7-16-14-8-17-15(6-13(12)14)19-10-11-4-2-1-3-5-11/h1-8,16,18H,9-10H2. The highest BCUT2D eigenvalue weighted by atomic mass is 16.5. The summed E-state index contributed by atoms with van der Waals surface area (Å²) in [6, 6.07) is 11.8. The zero-order valence-electron chi connectivity index (χ0n) is 10.3. The molecule has 0 bridgehead atoms. The van der Waals surface area contributed by atoms with E-state index in [-0.39, 0.29) is 6.61 Å². The Morgan fingerprint density at radius 1 is 1.21 bits per heavy atom. The van der Waals surface area contributed by atoms with E-state index in [1.165, 1.54) is 0 Å². The van der Waals surface area contributed by atoms with Crippen LogP contribution in [0.2, 0.25) is 0 Å². The second kappa shape index (κ2) is 5.12. The van der Waals surface area contributed by atoms with Crippen LogP contribution < -0.4 is 4.74 Å². The summed E-state index contributed by atoms with van der Waals surface area (Å²) in [4.78, 5) is 7.30. The predicted octanol–water partition coefficient (Wildman–Crippen LogP) is 2.63. The molecule has 0 saturated heterocycles. The van der Waals surface area contributed by atoms with E-state index < -0.39 is 0 Å². The normalized spacial score (nSPS) is 10.8. The Morgan fingerprint density at radius 3 is 2.84 bits per heavy atom. The van der Waals surface area contributed by atoms with Crippen LogP contribution in [0.15, 0.2) is 48.8 Å². The summed E-state index contributed by atoms with van der Waals surface area (Å²) in [7, 11) is 0. The first-order valence-corrected chi connectivity index (χ1v) is 6.10. The lowest BCUT2D eigenvalue weighted by Crippen LogP contribution is -1.96. The molecule has 0 aliphatic carbocycles. The average Bonchev–Trinajstić information content (AvgIpc) is 2.88. The van der Waals surface area contributed by atoms with Crippen LogP contribution in [0.25, 0.3) is 10.9 Å². The fraction of sp³-hybridized carbons (Fsp3) is 0.133. The molecule has 1 aromatic carbocycles.